The Morgan fingerprint density at radius 1 is 0.855 bits per heavy atom. The lowest BCUT2D eigenvalue weighted by Gasteiger charge is -2.65. The van der Waals surface area contributed by atoms with Gasteiger partial charge in [0.15, 0.2) is 0 Å². The summed E-state index contributed by atoms with van der Waals surface area (Å²) >= 11 is 3.46. The lowest BCUT2D eigenvalue weighted by atomic mass is 9.49. The predicted molar refractivity (Wildman–Crippen MR) is 228 cm³/mol. The van der Waals surface area contributed by atoms with Gasteiger partial charge in [-0.15, -0.1) is 0 Å². The molecule has 5 amide bonds. The van der Waals surface area contributed by atoms with E-state index in [0.717, 1.165) is 55.4 Å². The average molecular weight is 905 g/mol. The second-order valence-corrected chi connectivity index (χ2v) is 19.4. The van der Waals surface area contributed by atoms with Gasteiger partial charge in [-0.05, 0) is 96.4 Å². The highest BCUT2D eigenvalue weighted by molar-refractivity contribution is 9.10. The van der Waals surface area contributed by atoms with Crippen molar-refractivity contribution in [3.8, 4) is 23.7 Å². The van der Waals surface area contributed by atoms with Crippen LogP contribution in [0.2, 0.25) is 0 Å². The van der Waals surface area contributed by atoms with Gasteiger partial charge in [-0.3, -0.25) is 39.1 Å². The third kappa shape index (κ3) is 7.03. The Bertz CT molecular complexity index is 2530. The normalized spacial score (nSPS) is 26.6. The van der Waals surface area contributed by atoms with E-state index in [0.29, 0.717) is 52.7 Å². The van der Waals surface area contributed by atoms with Crippen LogP contribution in [0.5, 0.6) is 5.75 Å². The lowest BCUT2D eigenvalue weighted by Crippen LogP contribution is -2.74. The van der Waals surface area contributed by atoms with Gasteiger partial charge in [-0.25, -0.2) is 9.37 Å². The monoisotopic (exact) mass is 903 g/mol. The molecule has 15 heteroatoms. The summed E-state index contributed by atoms with van der Waals surface area (Å²) in [5, 5.41) is 11.5. The Labute approximate surface area is 368 Å². The van der Waals surface area contributed by atoms with E-state index in [9.17, 15) is 29.2 Å². The highest BCUT2D eigenvalue weighted by Crippen LogP contribution is 2.59. The van der Waals surface area contributed by atoms with Crippen molar-refractivity contribution >= 4 is 51.2 Å². The standard InChI is InChI=1S/C47H47BrFN7O6/c1-46(2)44(47(3,4)45(46)62-30-13-8-27(24-50)34(48)21-30)55-25-36-31(41(55)59)14-10-28(51-36)9-5-26-6-11-29(12-7-26)53-17-19-54(20-18-53)38-23-33-32(22-35(38)49)42(60)56(43(33)61)37-15-16-39(57)52-40(37)58/h8,10,13-14,21-23,26,29,37,44-45H,6-7,11-12,15-20,25H2,1-4H3,(H,52,57,58)/t26-,29-,37?,44-,45-. The molecule has 4 aliphatic heterocycles. The van der Waals surface area contributed by atoms with Crippen molar-refractivity contribution in [2.75, 3.05) is 31.1 Å². The summed E-state index contributed by atoms with van der Waals surface area (Å²) in [6, 6.07) is 12.9. The van der Waals surface area contributed by atoms with Crippen LogP contribution in [0.25, 0.3) is 0 Å². The molecule has 62 heavy (non-hydrogen) atoms. The Morgan fingerprint density at radius 3 is 2.21 bits per heavy atom. The zero-order chi connectivity index (χ0) is 43.8. The van der Waals surface area contributed by atoms with Gasteiger partial charge >= 0.3 is 0 Å². The molecular formula is C47H47BrFN7O6. The largest absolute Gasteiger partial charge is 0.489 e. The molecule has 2 saturated carbocycles. The summed E-state index contributed by atoms with van der Waals surface area (Å²) in [7, 11) is 0. The first-order valence-corrected chi connectivity index (χ1v) is 22.1. The van der Waals surface area contributed by atoms with Crippen molar-refractivity contribution in [1.82, 2.24) is 25.0 Å². The third-order valence-corrected chi connectivity index (χ3v) is 14.6. The number of nitrogens with zero attached hydrogens (tertiary/aromatic N) is 6. The van der Waals surface area contributed by atoms with E-state index in [-0.39, 0.29) is 64.5 Å². The molecule has 1 N–H and O–H groups in total. The van der Waals surface area contributed by atoms with Crippen LogP contribution < -0.4 is 15.0 Å². The van der Waals surface area contributed by atoms with Gasteiger partial charge in [0.25, 0.3) is 17.7 Å². The molecular weight excluding hydrogens is 857 g/mol. The molecule has 1 atom stereocenters. The average Bonchev–Trinajstić information content (AvgIpc) is 3.68. The van der Waals surface area contributed by atoms with Gasteiger partial charge in [0.1, 0.15) is 35.5 Å². The maximum atomic E-state index is 15.5. The van der Waals surface area contributed by atoms with Crippen LogP contribution in [0.3, 0.4) is 0 Å². The molecule has 0 bridgehead atoms. The van der Waals surface area contributed by atoms with Gasteiger partial charge < -0.3 is 14.5 Å². The number of ether oxygens (including phenoxy) is 1. The highest BCUT2D eigenvalue weighted by atomic mass is 79.9. The first-order chi connectivity index (χ1) is 29.6. The number of hydrogen-bond donors (Lipinski definition) is 1. The molecule has 1 unspecified atom stereocenters. The summed E-state index contributed by atoms with van der Waals surface area (Å²) in [5.41, 5.74) is 2.10. The smallest absolute Gasteiger partial charge is 0.262 e. The minimum absolute atomic E-state index is 0.0132. The molecule has 13 nitrogen and oxygen atoms in total. The summed E-state index contributed by atoms with van der Waals surface area (Å²) in [6.07, 6.45) is 3.75. The molecule has 1 aromatic heterocycles. The number of aromatic nitrogens is 1. The molecule has 6 aliphatic rings. The number of piperazine rings is 1. The van der Waals surface area contributed by atoms with Crippen LogP contribution in [0.15, 0.2) is 46.9 Å². The summed E-state index contributed by atoms with van der Waals surface area (Å²) in [4.78, 5) is 76.4. The lowest BCUT2D eigenvalue weighted by molar-refractivity contribution is -0.199. The minimum Gasteiger partial charge on any atom is -0.489 e. The molecule has 0 radical (unpaired) electrons. The number of piperidine rings is 1. The number of hydrogen-bond acceptors (Lipinski definition) is 10. The first kappa shape index (κ1) is 41.7. The maximum absolute atomic E-state index is 15.5. The van der Waals surface area contributed by atoms with E-state index >= 15 is 4.39 Å². The van der Waals surface area contributed by atoms with E-state index in [1.54, 1.807) is 6.07 Å². The van der Waals surface area contributed by atoms with Gasteiger partial charge in [0.05, 0.1) is 40.2 Å². The number of benzene rings is 2. The Balaban J connectivity index is 0.778. The summed E-state index contributed by atoms with van der Waals surface area (Å²) < 4.78 is 22.7. The SMILES string of the molecule is CC1(C)[C@H](Oc2ccc(C#N)c(Br)c2)C(C)(C)[C@H]1N1Cc2nc(C#C[C@H]3CC[C@H](N4CCN(c5cc6c(cc5F)C(=O)N(C5CCC(=O)NC5=O)C6=O)CC4)CC3)ccc2C1=O. The van der Waals surface area contributed by atoms with Crippen molar-refractivity contribution in [3.63, 3.8) is 0 Å². The summed E-state index contributed by atoms with van der Waals surface area (Å²) in [6.45, 7) is 11.5. The van der Waals surface area contributed by atoms with Crippen LogP contribution in [0, 0.1) is 45.7 Å². The van der Waals surface area contributed by atoms with E-state index in [1.165, 1.54) is 6.07 Å². The highest BCUT2D eigenvalue weighted by Gasteiger charge is 2.67. The molecule has 2 saturated heterocycles. The van der Waals surface area contributed by atoms with Crippen LogP contribution >= 0.6 is 15.9 Å². The number of carbonyl (C=O) groups is 5. The molecule has 2 aromatic carbocycles. The number of carbonyl (C=O) groups excluding carboxylic acids is 5. The zero-order valence-electron chi connectivity index (χ0n) is 35.1. The second kappa shape index (κ2) is 15.6. The van der Waals surface area contributed by atoms with E-state index in [1.807, 2.05) is 34.1 Å². The molecule has 320 valence electrons. The quantitative estimate of drug-likeness (QED) is 0.236. The van der Waals surface area contributed by atoms with Gasteiger partial charge in [-0.1, -0.05) is 33.6 Å². The molecule has 2 aliphatic carbocycles. The number of pyridine rings is 1. The van der Waals surface area contributed by atoms with Crippen LogP contribution in [0.1, 0.15) is 114 Å². The fraction of sp³-hybridized carbons (Fsp3) is 0.468. The molecule has 3 aromatic rings. The number of rotatable bonds is 6. The number of imide groups is 2. The second-order valence-electron chi connectivity index (χ2n) is 18.5. The van der Waals surface area contributed by atoms with Crippen LogP contribution in [-0.2, 0) is 16.1 Å². The van der Waals surface area contributed by atoms with Crippen molar-refractivity contribution in [3.05, 3.63) is 86.4 Å². The van der Waals surface area contributed by atoms with Crippen molar-refractivity contribution in [1.29, 1.82) is 5.26 Å². The zero-order valence-corrected chi connectivity index (χ0v) is 36.7. The Morgan fingerprint density at radius 2 is 1.55 bits per heavy atom. The number of amides is 5. The fourth-order valence-electron chi connectivity index (χ4n) is 11.3. The number of anilines is 1. The minimum atomic E-state index is -1.11. The van der Waals surface area contributed by atoms with Crippen LogP contribution in [0.4, 0.5) is 10.1 Å². The van der Waals surface area contributed by atoms with Gasteiger partial charge in [0.2, 0.25) is 11.8 Å². The topological polar surface area (TPSA) is 156 Å². The molecule has 9 rings (SSSR count). The predicted octanol–water partition coefficient (Wildman–Crippen LogP) is 5.83. The molecule has 5 heterocycles. The van der Waals surface area contributed by atoms with Crippen molar-refractivity contribution < 1.29 is 33.1 Å². The Kier molecular flexibility index (Phi) is 10.5. The van der Waals surface area contributed by atoms with E-state index in [2.05, 4.69) is 71.8 Å². The maximum Gasteiger partial charge on any atom is 0.262 e. The van der Waals surface area contributed by atoms with Gasteiger partial charge in [-0.2, -0.15) is 5.26 Å². The van der Waals surface area contributed by atoms with Gasteiger partial charge in [0, 0.05) is 65.9 Å². The van der Waals surface area contributed by atoms with E-state index < -0.39 is 35.5 Å². The number of halogens is 2. The number of nitrogens with one attached hydrogen (secondary N) is 1. The molecule has 4 fully saturated rings. The number of nitriles is 1. The fourth-order valence-corrected chi connectivity index (χ4v) is 11.8. The van der Waals surface area contributed by atoms with Crippen molar-refractivity contribution in [2.45, 2.75) is 97.0 Å². The number of fused-ring (bicyclic) bond motifs is 2. The van der Waals surface area contributed by atoms with Crippen LogP contribution in [-0.4, -0.2) is 99.6 Å². The molecule has 0 spiro atoms. The Hall–Kier alpha value is -5.64. The van der Waals surface area contributed by atoms with Crippen molar-refractivity contribution in [2.24, 2.45) is 16.7 Å². The first-order valence-electron chi connectivity index (χ1n) is 21.3. The van der Waals surface area contributed by atoms with E-state index in [4.69, 9.17) is 9.72 Å². The third-order valence-electron chi connectivity index (χ3n) is 14.0. The summed E-state index contributed by atoms with van der Waals surface area (Å²) in [5.74, 6) is 4.52.